The molecule has 0 amide bonds. The molecule has 1 fully saturated rings. The Hall–Kier alpha value is -1.47. The molecule has 7 heteroatoms. The van der Waals surface area contributed by atoms with Gasteiger partial charge >= 0.3 is 5.97 Å². The van der Waals surface area contributed by atoms with Crippen molar-refractivity contribution in [3.63, 3.8) is 0 Å². The molecular weight excluding hydrogens is 280 g/mol. The zero-order chi connectivity index (χ0) is 14.8. The molecule has 1 aliphatic rings. The van der Waals surface area contributed by atoms with Crippen LogP contribution in [-0.4, -0.2) is 30.5 Å². The summed E-state index contributed by atoms with van der Waals surface area (Å²) < 4.78 is 26.9. The number of aromatic carboxylic acids is 1. The largest absolute Gasteiger partial charge is 0.478 e. The summed E-state index contributed by atoms with van der Waals surface area (Å²) in [5.74, 6) is -0.767. The molecule has 0 aliphatic heterocycles. The summed E-state index contributed by atoms with van der Waals surface area (Å²) in [5, 5.41) is 8.62. The Morgan fingerprint density at radius 2 is 2.05 bits per heavy atom. The normalized spacial score (nSPS) is 18.1. The summed E-state index contributed by atoms with van der Waals surface area (Å²) in [6.07, 6.45) is 5.41. The van der Waals surface area contributed by atoms with E-state index in [9.17, 15) is 13.2 Å². The van der Waals surface area contributed by atoms with Crippen LogP contribution in [0.3, 0.4) is 0 Å². The predicted octanol–water partition coefficient (Wildman–Crippen LogP) is 1.64. The Morgan fingerprint density at radius 3 is 2.55 bits per heavy atom. The fraction of sp³-hybridized carbons (Fsp3) is 0.538. The van der Waals surface area contributed by atoms with Crippen molar-refractivity contribution in [2.75, 3.05) is 0 Å². The smallest absolute Gasteiger partial charge is 0.337 e. The second-order valence-corrected chi connectivity index (χ2v) is 6.81. The van der Waals surface area contributed by atoms with Gasteiger partial charge in [-0.25, -0.2) is 22.9 Å². The summed E-state index contributed by atoms with van der Waals surface area (Å²) >= 11 is 0. The highest BCUT2D eigenvalue weighted by atomic mass is 32.2. The first kappa shape index (κ1) is 14.9. The van der Waals surface area contributed by atoms with Crippen molar-refractivity contribution in [3.05, 3.63) is 23.9 Å². The molecule has 2 N–H and O–H groups in total. The number of carboxylic acids is 1. The predicted molar refractivity (Wildman–Crippen MR) is 72.9 cm³/mol. The molecule has 110 valence electrons. The minimum atomic E-state index is -3.69. The highest BCUT2D eigenvalue weighted by Crippen LogP contribution is 2.28. The Labute approximate surface area is 118 Å². The van der Waals surface area contributed by atoms with Crippen molar-refractivity contribution in [1.82, 2.24) is 9.71 Å². The first-order valence-electron chi connectivity index (χ1n) is 6.62. The molecule has 0 saturated heterocycles. The van der Waals surface area contributed by atoms with E-state index in [0.29, 0.717) is 5.92 Å². The second-order valence-electron chi connectivity index (χ2n) is 5.14. The van der Waals surface area contributed by atoms with Crippen molar-refractivity contribution in [2.45, 2.75) is 43.7 Å². The minimum Gasteiger partial charge on any atom is -0.478 e. The van der Waals surface area contributed by atoms with Gasteiger partial charge < -0.3 is 5.11 Å². The van der Waals surface area contributed by atoms with Gasteiger partial charge in [-0.1, -0.05) is 12.8 Å². The number of rotatable bonds is 5. The van der Waals surface area contributed by atoms with Crippen LogP contribution in [0.2, 0.25) is 0 Å². The van der Waals surface area contributed by atoms with Gasteiger partial charge in [0.1, 0.15) is 0 Å². The van der Waals surface area contributed by atoms with Crippen LogP contribution in [0.15, 0.2) is 23.4 Å². The molecule has 1 aromatic rings. The standard InChI is InChI=1S/C13H18N2O4S/c1-9(10-4-2-3-5-10)15-20(18,19)12-7-6-11(8-14-12)13(16)17/h6-10,15H,2-5H2,1H3,(H,16,17). The van der Waals surface area contributed by atoms with Gasteiger partial charge in [0.2, 0.25) is 0 Å². The quantitative estimate of drug-likeness (QED) is 0.861. The summed E-state index contributed by atoms with van der Waals surface area (Å²) in [6, 6.07) is 2.32. The monoisotopic (exact) mass is 298 g/mol. The average molecular weight is 298 g/mol. The summed E-state index contributed by atoms with van der Waals surface area (Å²) in [4.78, 5) is 14.4. The summed E-state index contributed by atoms with van der Waals surface area (Å²) in [7, 11) is -3.69. The van der Waals surface area contributed by atoms with Gasteiger partial charge in [0.05, 0.1) is 5.56 Å². The van der Waals surface area contributed by atoms with Gasteiger partial charge in [0.25, 0.3) is 10.0 Å². The molecule has 20 heavy (non-hydrogen) atoms. The third-order valence-electron chi connectivity index (χ3n) is 3.71. The molecule has 1 aromatic heterocycles. The SMILES string of the molecule is CC(NS(=O)(=O)c1ccc(C(=O)O)cn1)C1CCCC1. The van der Waals surface area contributed by atoms with Crippen LogP contribution in [0, 0.1) is 5.92 Å². The van der Waals surface area contributed by atoms with Gasteiger partial charge in [-0.3, -0.25) is 0 Å². The van der Waals surface area contributed by atoms with Crippen LogP contribution in [0.25, 0.3) is 0 Å². The topological polar surface area (TPSA) is 96.4 Å². The zero-order valence-corrected chi connectivity index (χ0v) is 12.1. The van der Waals surface area contributed by atoms with E-state index in [-0.39, 0.29) is 16.6 Å². The molecule has 1 aliphatic carbocycles. The molecule has 0 radical (unpaired) electrons. The van der Waals surface area contributed by atoms with Crippen molar-refractivity contribution >= 4 is 16.0 Å². The number of nitrogens with zero attached hydrogens (tertiary/aromatic N) is 1. The zero-order valence-electron chi connectivity index (χ0n) is 11.2. The van der Waals surface area contributed by atoms with Crippen molar-refractivity contribution in [3.8, 4) is 0 Å². The van der Waals surface area contributed by atoms with E-state index in [1.807, 2.05) is 6.92 Å². The van der Waals surface area contributed by atoms with Crippen LogP contribution < -0.4 is 4.72 Å². The maximum absolute atomic E-state index is 12.2. The molecule has 6 nitrogen and oxygen atoms in total. The number of aromatic nitrogens is 1. The van der Waals surface area contributed by atoms with E-state index in [4.69, 9.17) is 5.11 Å². The van der Waals surface area contributed by atoms with Gasteiger partial charge in [-0.15, -0.1) is 0 Å². The molecule has 0 bridgehead atoms. The van der Waals surface area contributed by atoms with Crippen molar-refractivity contribution in [1.29, 1.82) is 0 Å². The van der Waals surface area contributed by atoms with E-state index in [0.717, 1.165) is 31.9 Å². The molecule has 0 aromatic carbocycles. The lowest BCUT2D eigenvalue weighted by atomic mass is 10.0. The lowest BCUT2D eigenvalue weighted by Gasteiger charge is -2.19. The summed E-state index contributed by atoms with van der Waals surface area (Å²) in [5.41, 5.74) is -0.0345. The Morgan fingerprint density at radius 1 is 1.40 bits per heavy atom. The number of carboxylic acid groups (broad SMARTS) is 1. The number of hydrogen-bond acceptors (Lipinski definition) is 4. The van der Waals surface area contributed by atoms with E-state index >= 15 is 0 Å². The first-order chi connectivity index (χ1) is 9.40. The molecule has 1 saturated carbocycles. The average Bonchev–Trinajstić information content (AvgIpc) is 2.92. The second kappa shape index (κ2) is 5.88. The molecular formula is C13H18N2O4S. The van der Waals surface area contributed by atoms with Gasteiger partial charge in [-0.2, -0.15) is 0 Å². The van der Waals surface area contributed by atoms with Crippen LogP contribution >= 0.6 is 0 Å². The molecule has 1 atom stereocenters. The van der Waals surface area contributed by atoms with Crippen LogP contribution in [0.1, 0.15) is 43.0 Å². The Balaban J connectivity index is 2.11. The highest BCUT2D eigenvalue weighted by molar-refractivity contribution is 7.89. The molecule has 2 rings (SSSR count). The lowest BCUT2D eigenvalue weighted by molar-refractivity contribution is 0.0696. The maximum atomic E-state index is 12.2. The van der Waals surface area contributed by atoms with E-state index in [1.54, 1.807) is 0 Å². The van der Waals surface area contributed by atoms with Crippen molar-refractivity contribution < 1.29 is 18.3 Å². The molecule has 1 heterocycles. The maximum Gasteiger partial charge on any atom is 0.337 e. The minimum absolute atomic E-state index is 0.0345. The van der Waals surface area contributed by atoms with Gasteiger partial charge in [-0.05, 0) is 37.8 Å². The number of pyridine rings is 1. The molecule has 0 spiro atoms. The number of sulfonamides is 1. The van der Waals surface area contributed by atoms with E-state index in [1.165, 1.54) is 12.1 Å². The van der Waals surface area contributed by atoms with Crippen LogP contribution in [-0.2, 0) is 10.0 Å². The number of nitrogens with one attached hydrogen (secondary N) is 1. The van der Waals surface area contributed by atoms with Crippen molar-refractivity contribution in [2.24, 2.45) is 5.92 Å². The fourth-order valence-electron chi connectivity index (χ4n) is 2.52. The van der Waals surface area contributed by atoms with E-state index in [2.05, 4.69) is 9.71 Å². The third-order valence-corrected chi connectivity index (χ3v) is 5.18. The summed E-state index contributed by atoms with van der Waals surface area (Å²) in [6.45, 7) is 1.86. The number of hydrogen-bond donors (Lipinski definition) is 2. The first-order valence-corrected chi connectivity index (χ1v) is 8.10. The fourth-order valence-corrected chi connectivity index (χ4v) is 3.77. The highest BCUT2D eigenvalue weighted by Gasteiger charge is 2.26. The molecule has 1 unspecified atom stereocenters. The van der Waals surface area contributed by atoms with Gasteiger partial charge in [0, 0.05) is 12.2 Å². The lowest BCUT2D eigenvalue weighted by Crippen LogP contribution is -2.37. The van der Waals surface area contributed by atoms with E-state index < -0.39 is 16.0 Å². The van der Waals surface area contributed by atoms with Crippen LogP contribution in [0.5, 0.6) is 0 Å². The van der Waals surface area contributed by atoms with Crippen LogP contribution in [0.4, 0.5) is 0 Å². The Kier molecular flexibility index (Phi) is 4.39. The van der Waals surface area contributed by atoms with Gasteiger partial charge in [0.15, 0.2) is 5.03 Å². The third kappa shape index (κ3) is 3.34. The number of carbonyl (C=O) groups is 1. The Bertz CT molecular complexity index is 577.